The van der Waals surface area contributed by atoms with Crippen molar-refractivity contribution in [2.45, 2.75) is 26.5 Å². The second-order valence-corrected chi connectivity index (χ2v) is 5.12. The topological polar surface area (TPSA) is 47.3 Å². The summed E-state index contributed by atoms with van der Waals surface area (Å²) in [4.78, 5) is 0. The van der Waals surface area contributed by atoms with Crippen molar-refractivity contribution < 1.29 is 9.26 Å². The van der Waals surface area contributed by atoms with Gasteiger partial charge in [0.25, 0.3) is 0 Å². The number of ether oxygens (including phenoxy) is 1. The highest BCUT2D eigenvalue weighted by Crippen LogP contribution is 2.17. The lowest BCUT2D eigenvalue weighted by atomic mass is 10.3. The zero-order chi connectivity index (χ0) is 13.5. The van der Waals surface area contributed by atoms with E-state index in [1.54, 1.807) is 0 Å². The summed E-state index contributed by atoms with van der Waals surface area (Å²) < 4.78 is 11.9. The van der Waals surface area contributed by atoms with Crippen LogP contribution < -0.4 is 10.1 Å². The van der Waals surface area contributed by atoms with Crippen LogP contribution in [0.3, 0.4) is 0 Å². The molecule has 4 nitrogen and oxygen atoms in total. The quantitative estimate of drug-likeness (QED) is 0.792. The molecule has 1 heterocycles. The fraction of sp³-hybridized carbons (Fsp3) is 0.357. The molecule has 5 heteroatoms. The van der Waals surface area contributed by atoms with Gasteiger partial charge in [0.15, 0.2) is 5.76 Å². The molecular weight excluding hydrogens is 308 g/mol. The van der Waals surface area contributed by atoms with Crippen LogP contribution in [0.5, 0.6) is 5.75 Å². The van der Waals surface area contributed by atoms with Gasteiger partial charge >= 0.3 is 0 Å². The highest BCUT2D eigenvalue weighted by Gasteiger charge is 2.04. The van der Waals surface area contributed by atoms with Crippen molar-refractivity contribution in [1.82, 2.24) is 10.5 Å². The van der Waals surface area contributed by atoms with E-state index in [9.17, 15) is 0 Å². The summed E-state index contributed by atoms with van der Waals surface area (Å²) in [5.74, 6) is 1.54. The van der Waals surface area contributed by atoms with E-state index >= 15 is 0 Å². The zero-order valence-electron chi connectivity index (χ0n) is 10.9. The van der Waals surface area contributed by atoms with Gasteiger partial charge in [0.1, 0.15) is 12.4 Å². The van der Waals surface area contributed by atoms with Crippen LogP contribution in [0, 0.1) is 0 Å². The lowest BCUT2D eigenvalue weighted by molar-refractivity contribution is 0.248. The lowest BCUT2D eigenvalue weighted by Gasteiger charge is -2.02. The number of hydrogen-bond donors (Lipinski definition) is 1. The van der Waals surface area contributed by atoms with Crippen molar-refractivity contribution in [2.24, 2.45) is 0 Å². The van der Waals surface area contributed by atoms with Crippen molar-refractivity contribution in [3.05, 3.63) is 46.3 Å². The molecule has 0 radical (unpaired) electrons. The SMILES string of the molecule is CCCNCc1cc(COc2ccc(Br)cc2)on1. The van der Waals surface area contributed by atoms with Crippen LogP contribution in [0.15, 0.2) is 39.3 Å². The first-order chi connectivity index (χ1) is 9.28. The van der Waals surface area contributed by atoms with Crippen LogP contribution in [-0.4, -0.2) is 11.7 Å². The minimum absolute atomic E-state index is 0.391. The summed E-state index contributed by atoms with van der Waals surface area (Å²) in [5, 5.41) is 7.27. The summed E-state index contributed by atoms with van der Waals surface area (Å²) in [6, 6.07) is 9.61. The molecule has 0 fully saturated rings. The van der Waals surface area contributed by atoms with Gasteiger partial charge in [-0.3, -0.25) is 0 Å². The molecule has 1 aromatic heterocycles. The van der Waals surface area contributed by atoms with E-state index in [4.69, 9.17) is 9.26 Å². The number of aromatic nitrogens is 1. The summed E-state index contributed by atoms with van der Waals surface area (Å²) >= 11 is 3.38. The molecule has 0 atom stereocenters. The van der Waals surface area contributed by atoms with Gasteiger partial charge in [-0.2, -0.15) is 0 Å². The average molecular weight is 325 g/mol. The van der Waals surface area contributed by atoms with Gasteiger partial charge in [-0.05, 0) is 37.2 Å². The van der Waals surface area contributed by atoms with Gasteiger partial charge in [-0.1, -0.05) is 28.0 Å². The van der Waals surface area contributed by atoms with Crippen molar-refractivity contribution >= 4 is 15.9 Å². The molecule has 0 bridgehead atoms. The predicted molar refractivity (Wildman–Crippen MR) is 77.0 cm³/mol. The smallest absolute Gasteiger partial charge is 0.174 e. The molecule has 0 saturated carbocycles. The van der Waals surface area contributed by atoms with Crippen molar-refractivity contribution in [3.63, 3.8) is 0 Å². The highest BCUT2D eigenvalue weighted by molar-refractivity contribution is 9.10. The Balaban J connectivity index is 1.81. The minimum Gasteiger partial charge on any atom is -0.486 e. The number of nitrogens with zero attached hydrogens (tertiary/aromatic N) is 1. The van der Waals surface area contributed by atoms with Crippen LogP contribution in [0.4, 0.5) is 0 Å². The van der Waals surface area contributed by atoms with E-state index in [0.29, 0.717) is 6.61 Å². The van der Waals surface area contributed by atoms with Crippen LogP contribution in [0.2, 0.25) is 0 Å². The van der Waals surface area contributed by atoms with E-state index < -0.39 is 0 Å². The molecule has 0 aliphatic heterocycles. The Kier molecular flexibility index (Phi) is 5.42. The molecule has 1 N–H and O–H groups in total. The van der Waals surface area contributed by atoms with Gasteiger partial charge in [0, 0.05) is 17.1 Å². The number of rotatable bonds is 7. The molecule has 2 rings (SSSR count). The third-order valence-corrected chi connectivity index (χ3v) is 3.06. The Hall–Kier alpha value is -1.33. The van der Waals surface area contributed by atoms with Crippen LogP contribution in [-0.2, 0) is 13.2 Å². The Morgan fingerprint density at radius 1 is 1.32 bits per heavy atom. The molecular formula is C14H17BrN2O2. The van der Waals surface area contributed by atoms with Crippen LogP contribution in [0.1, 0.15) is 24.8 Å². The Labute approximate surface area is 121 Å². The molecule has 0 aliphatic carbocycles. The molecule has 0 amide bonds. The Morgan fingerprint density at radius 2 is 2.11 bits per heavy atom. The largest absolute Gasteiger partial charge is 0.486 e. The fourth-order valence-electron chi connectivity index (χ4n) is 1.59. The molecule has 1 aromatic carbocycles. The molecule has 102 valence electrons. The van der Waals surface area contributed by atoms with Gasteiger partial charge in [0.2, 0.25) is 0 Å². The second kappa shape index (κ2) is 7.31. The van der Waals surface area contributed by atoms with Crippen molar-refractivity contribution in [3.8, 4) is 5.75 Å². The normalized spacial score (nSPS) is 10.6. The van der Waals surface area contributed by atoms with E-state index in [-0.39, 0.29) is 0 Å². The van der Waals surface area contributed by atoms with Gasteiger partial charge in [0.05, 0.1) is 5.69 Å². The predicted octanol–water partition coefficient (Wildman–Crippen LogP) is 3.52. The molecule has 0 aliphatic rings. The fourth-order valence-corrected chi connectivity index (χ4v) is 1.85. The Bertz CT molecular complexity index is 496. The van der Waals surface area contributed by atoms with Crippen LogP contribution in [0.25, 0.3) is 0 Å². The monoisotopic (exact) mass is 324 g/mol. The number of nitrogens with one attached hydrogen (secondary N) is 1. The number of halogens is 1. The van der Waals surface area contributed by atoms with Crippen molar-refractivity contribution in [2.75, 3.05) is 6.54 Å². The summed E-state index contributed by atoms with van der Waals surface area (Å²) in [7, 11) is 0. The van der Waals surface area contributed by atoms with E-state index in [0.717, 1.165) is 41.2 Å². The minimum atomic E-state index is 0.391. The standard InChI is InChI=1S/C14H17BrN2O2/c1-2-7-16-9-12-8-14(19-17-12)10-18-13-5-3-11(15)4-6-13/h3-6,8,16H,2,7,9-10H2,1H3. The third kappa shape index (κ3) is 4.69. The van der Waals surface area contributed by atoms with Gasteiger partial charge in [-0.15, -0.1) is 0 Å². The summed E-state index contributed by atoms with van der Waals surface area (Å²) in [6.07, 6.45) is 1.11. The van der Waals surface area contributed by atoms with Crippen LogP contribution >= 0.6 is 15.9 Å². The summed E-state index contributed by atoms with van der Waals surface area (Å²) in [5.41, 5.74) is 0.905. The Morgan fingerprint density at radius 3 is 2.84 bits per heavy atom. The van der Waals surface area contributed by atoms with E-state index in [2.05, 4.69) is 33.3 Å². The van der Waals surface area contributed by atoms with E-state index in [1.165, 1.54) is 0 Å². The highest BCUT2D eigenvalue weighted by atomic mass is 79.9. The molecule has 0 saturated heterocycles. The molecule has 2 aromatic rings. The molecule has 0 unspecified atom stereocenters. The third-order valence-electron chi connectivity index (χ3n) is 2.54. The maximum Gasteiger partial charge on any atom is 0.174 e. The van der Waals surface area contributed by atoms with Crippen molar-refractivity contribution in [1.29, 1.82) is 0 Å². The maximum atomic E-state index is 5.61. The molecule has 19 heavy (non-hydrogen) atoms. The van der Waals surface area contributed by atoms with E-state index in [1.807, 2.05) is 30.3 Å². The first kappa shape index (κ1) is 14.1. The van der Waals surface area contributed by atoms with Gasteiger partial charge in [-0.25, -0.2) is 0 Å². The average Bonchev–Trinajstić information content (AvgIpc) is 2.86. The number of hydrogen-bond acceptors (Lipinski definition) is 4. The number of benzene rings is 1. The first-order valence-corrected chi connectivity index (χ1v) is 7.11. The maximum absolute atomic E-state index is 5.61. The zero-order valence-corrected chi connectivity index (χ0v) is 12.4. The molecule has 0 spiro atoms. The van der Waals surface area contributed by atoms with Gasteiger partial charge < -0.3 is 14.6 Å². The summed E-state index contributed by atoms with van der Waals surface area (Å²) in [6.45, 7) is 4.24. The first-order valence-electron chi connectivity index (χ1n) is 6.31. The lowest BCUT2D eigenvalue weighted by Crippen LogP contribution is -2.13. The second-order valence-electron chi connectivity index (χ2n) is 4.20.